The van der Waals surface area contributed by atoms with Gasteiger partial charge in [-0.05, 0) is 52.1 Å². The van der Waals surface area contributed by atoms with Gasteiger partial charge in [0.05, 0.1) is 41.3 Å². The molecule has 4 heterocycles. The second kappa shape index (κ2) is 9.87. The van der Waals surface area contributed by atoms with Gasteiger partial charge in [0.15, 0.2) is 17.5 Å². The number of anilines is 1. The SMILES string of the molecule is CNCCCOc1ccc(Cl)c(-c2nc(-c3c(C)noc3C)c(F)c(N3Cc4cnn(C)c4C3)n2)c1. The number of rotatable bonds is 8. The summed E-state index contributed by atoms with van der Waals surface area (Å²) in [5.41, 5.74) is 3.77. The van der Waals surface area contributed by atoms with Gasteiger partial charge in [-0.15, -0.1) is 0 Å². The molecular weight excluding hydrogens is 485 g/mol. The van der Waals surface area contributed by atoms with E-state index in [4.69, 9.17) is 20.9 Å². The van der Waals surface area contributed by atoms with Crippen molar-refractivity contribution >= 4 is 17.4 Å². The average molecular weight is 512 g/mol. The van der Waals surface area contributed by atoms with Crippen LogP contribution in [0, 0.1) is 19.7 Å². The van der Waals surface area contributed by atoms with Crippen molar-refractivity contribution in [2.24, 2.45) is 7.05 Å². The van der Waals surface area contributed by atoms with E-state index in [9.17, 15) is 0 Å². The van der Waals surface area contributed by atoms with Gasteiger partial charge in [0.25, 0.3) is 0 Å². The number of halogens is 2. The maximum atomic E-state index is 16.1. The molecule has 0 atom stereocenters. The second-order valence-electron chi connectivity index (χ2n) is 8.78. The molecule has 1 aromatic carbocycles. The van der Waals surface area contributed by atoms with Crippen LogP contribution in [-0.4, -0.2) is 45.1 Å². The number of benzene rings is 1. The first kappa shape index (κ1) is 24.2. The zero-order valence-corrected chi connectivity index (χ0v) is 21.4. The van der Waals surface area contributed by atoms with Crippen LogP contribution < -0.4 is 15.0 Å². The summed E-state index contributed by atoms with van der Waals surface area (Å²) in [6, 6.07) is 5.33. The van der Waals surface area contributed by atoms with Gasteiger partial charge in [-0.2, -0.15) is 5.10 Å². The molecule has 0 bridgehead atoms. The van der Waals surface area contributed by atoms with Crippen LogP contribution in [0.25, 0.3) is 22.6 Å². The Balaban J connectivity index is 1.60. The minimum atomic E-state index is -0.537. The fourth-order valence-corrected chi connectivity index (χ4v) is 4.59. The molecular formula is C25H27ClFN7O2. The maximum Gasteiger partial charge on any atom is 0.192 e. The van der Waals surface area contributed by atoms with Crippen molar-refractivity contribution in [1.82, 2.24) is 30.2 Å². The fourth-order valence-electron chi connectivity index (χ4n) is 4.39. The summed E-state index contributed by atoms with van der Waals surface area (Å²) in [6.45, 7) is 5.85. The van der Waals surface area contributed by atoms with Crippen LogP contribution >= 0.6 is 11.6 Å². The number of aryl methyl sites for hydroxylation is 3. The van der Waals surface area contributed by atoms with Crippen LogP contribution in [0.5, 0.6) is 5.75 Å². The first-order valence-electron chi connectivity index (χ1n) is 11.7. The zero-order valence-electron chi connectivity index (χ0n) is 20.6. The molecule has 1 aliphatic heterocycles. The van der Waals surface area contributed by atoms with Crippen LogP contribution in [0.1, 0.15) is 29.1 Å². The van der Waals surface area contributed by atoms with E-state index in [2.05, 4.69) is 25.5 Å². The molecule has 0 amide bonds. The van der Waals surface area contributed by atoms with Crippen LogP contribution in [0.15, 0.2) is 28.9 Å². The third-order valence-electron chi connectivity index (χ3n) is 6.27. The summed E-state index contributed by atoms with van der Waals surface area (Å²) >= 11 is 6.59. The van der Waals surface area contributed by atoms with Crippen molar-refractivity contribution in [3.05, 3.63) is 57.9 Å². The Kier molecular flexibility index (Phi) is 6.63. The summed E-state index contributed by atoms with van der Waals surface area (Å²) < 4.78 is 29.1. The summed E-state index contributed by atoms with van der Waals surface area (Å²) in [7, 11) is 3.77. The van der Waals surface area contributed by atoms with Crippen molar-refractivity contribution in [3.63, 3.8) is 0 Å². The molecule has 9 nitrogen and oxygen atoms in total. The third-order valence-corrected chi connectivity index (χ3v) is 6.60. The van der Waals surface area contributed by atoms with E-state index in [1.165, 1.54) is 0 Å². The van der Waals surface area contributed by atoms with Crippen molar-refractivity contribution in [2.45, 2.75) is 33.4 Å². The summed E-state index contributed by atoms with van der Waals surface area (Å²) in [5, 5.41) is 11.8. The second-order valence-corrected chi connectivity index (χ2v) is 9.18. The van der Waals surface area contributed by atoms with Crippen LogP contribution in [0.2, 0.25) is 5.02 Å². The summed E-state index contributed by atoms with van der Waals surface area (Å²) in [4.78, 5) is 11.2. The number of hydrogen-bond donors (Lipinski definition) is 1. The van der Waals surface area contributed by atoms with Gasteiger partial charge >= 0.3 is 0 Å². The molecule has 0 unspecified atom stereocenters. The Morgan fingerprint density at radius 3 is 2.78 bits per heavy atom. The normalized spacial score (nSPS) is 12.9. The topological polar surface area (TPSA) is 94.1 Å². The van der Waals surface area contributed by atoms with E-state index in [0.717, 1.165) is 24.2 Å². The largest absolute Gasteiger partial charge is 0.494 e. The van der Waals surface area contributed by atoms with Crippen molar-refractivity contribution < 1.29 is 13.7 Å². The molecule has 3 aromatic heterocycles. The molecule has 0 radical (unpaired) electrons. The van der Waals surface area contributed by atoms with Gasteiger partial charge in [0, 0.05) is 24.7 Å². The molecule has 0 aliphatic carbocycles. The molecule has 36 heavy (non-hydrogen) atoms. The standard InChI is InChI=1S/C25H27ClFN7O2/c1-14-21(15(2)36-32-14)23-22(27)25(34-12-16-11-29-33(4)20(16)13-34)31-24(30-23)18-10-17(6-7-19(18)26)35-9-5-8-28-3/h6-7,10-11,28H,5,8-9,12-13H2,1-4H3. The van der Waals surface area contributed by atoms with E-state index in [1.54, 1.807) is 42.9 Å². The van der Waals surface area contributed by atoms with Gasteiger partial charge in [-0.1, -0.05) is 16.8 Å². The van der Waals surface area contributed by atoms with Gasteiger partial charge < -0.3 is 19.5 Å². The summed E-state index contributed by atoms with van der Waals surface area (Å²) in [6.07, 6.45) is 2.66. The number of nitrogens with zero attached hydrogens (tertiary/aromatic N) is 6. The Hall–Kier alpha value is -3.50. The lowest BCUT2D eigenvalue weighted by atomic mass is 10.1. The molecule has 0 saturated heterocycles. The molecule has 188 valence electrons. The van der Waals surface area contributed by atoms with Gasteiger partial charge in [0.1, 0.15) is 17.2 Å². The number of fused-ring (bicyclic) bond motifs is 1. The monoisotopic (exact) mass is 511 g/mol. The third kappa shape index (κ3) is 4.42. The Morgan fingerprint density at radius 1 is 1.22 bits per heavy atom. The van der Waals surface area contributed by atoms with E-state index < -0.39 is 5.82 Å². The molecule has 5 rings (SSSR count). The van der Waals surface area contributed by atoms with E-state index in [-0.39, 0.29) is 11.5 Å². The average Bonchev–Trinajstić information content (AvgIpc) is 3.54. The van der Waals surface area contributed by atoms with Crippen LogP contribution in [0.3, 0.4) is 0 Å². The van der Waals surface area contributed by atoms with Crippen molar-refractivity contribution in [1.29, 1.82) is 0 Å². The highest BCUT2D eigenvalue weighted by Crippen LogP contribution is 2.38. The minimum Gasteiger partial charge on any atom is -0.494 e. The highest BCUT2D eigenvalue weighted by Gasteiger charge is 2.30. The molecule has 4 aromatic rings. The Morgan fingerprint density at radius 2 is 2.06 bits per heavy atom. The Labute approximate surface area is 213 Å². The molecule has 1 N–H and O–H groups in total. The van der Waals surface area contributed by atoms with E-state index in [0.29, 0.717) is 58.9 Å². The molecule has 11 heteroatoms. The van der Waals surface area contributed by atoms with Crippen LogP contribution in [-0.2, 0) is 20.1 Å². The molecule has 1 aliphatic rings. The number of aromatic nitrogens is 5. The Bertz CT molecular complexity index is 1400. The van der Waals surface area contributed by atoms with Crippen molar-refractivity contribution in [3.8, 4) is 28.4 Å². The molecule has 0 fully saturated rings. The highest BCUT2D eigenvalue weighted by molar-refractivity contribution is 6.33. The van der Waals surface area contributed by atoms with Crippen LogP contribution in [0.4, 0.5) is 10.2 Å². The van der Waals surface area contributed by atoms with Gasteiger partial charge in [0.2, 0.25) is 0 Å². The molecule has 0 spiro atoms. The molecule has 0 saturated carbocycles. The minimum absolute atomic E-state index is 0.122. The van der Waals surface area contributed by atoms with E-state index >= 15 is 4.39 Å². The van der Waals surface area contributed by atoms with Gasteiger partial charge in [-0.25, -0.2) is 14.4 Å². The lowest BCUT2D eigenvalue weighted by Gasteiger charge is -2.20. The maximum absolute atomic E-state index is 16.1. The smallest absolute Gasteiger partial charge is 0.192 e. The number of ether oxygens (including phenoxy) is 1. The number of nitrogens with one attached hydrogen (secondary N) is 1. The van der Waals surface area contributed by atoms with E-state index in [1.807, 2.05) is 19.0 Å². The van der Waals surface area contributed by atoms with Gasteiger partial charge in [-0.3, -0.25) is 4.68 Å². The quantitative estimate of drug-likeness (QED) is 0.347. The first-order valence-corrected chi connectivity index (χ1v) is 12.1. The lowest BCUT2D eigenvalue weighted by Crippen LogP contribution is -2.20. The lowest BCUT2D eigenvalue weighted by molar-refractivity contribution is 0.310. The van der Waals surface area contributed by atoms with Crippen molar-refractivity contribution in [2.75, 3.05) is 25.1 Å². The highest BCUT2D eigenvalue weighted by atomic mass is 35.5. The zero-order chi connectivity index (χ0) is 25.4. The summed E-state index contributed by atoms with van der Waals surface area (Å²) in [5.74, 6) is 1.05. The fraction of sp³-hybridized carbons (Fsp3) is 0.360. The predicted octanol–water partition coefficient (Wildman–Crippen LogP) is 4.45. The first-order chi connectivity index (χ1) is 17.4. The number of hydrogen-bond acceptors (Lipinski definition) is 8. The predicted molar refractivity (Wildman–Crippen MR) is 135 cm³/mol.